The van der Waals surface area contributed by atoms with Crippen molar-refractivity contribution in [3.05, 3.63) is 29.8 Å². The molecule has 1 saturated heterocycles. The van der Waals surface area contributed by atoms with Crippen LogP contribution in [0.4, 0.5) is 4.79 Å². The molecule has 2 N–H and O–H groups in total. The largest absolute Gasteiger partial charge is 0.496 e. The molecule has 0 saturated carbocycles. The fourth-order valence-corrected chi connectivity index (χ4v) is 3.72. The predicted molar refractivity (Wildman–Crippen MR) is 107 cm³/mol. The summed E-state index contributed by atoms with van der Waals surface area (Å²) in [6.45, 7) is 7.89. The Labute approximate surface area is 162 Å². The minimum atomic E-state index is -0.0573. The highest BCUT2D eigenvalue weighted by atomic mass is 16.5. The van der Waals surface area contributed by atoms with E-state index in [1.807, 2.05) is 23.1 Å². The van der Waals surface area contributed by atoms with Crippen LogP contribution < -0.4 is 15.4 Å². The number of hydrogen-bond donors (Lipinski definition) is 2. The maximum Gasteiger partial charge on any atom is 0.317 e. The van der Waals surface area contributed by atoms with Crippen molar-refractivity contribution in [2.24, 2.45) is 0 Å². The third-order valence-corrected chi connectivity index (χ3v) is 5.68. The predicted octanol–water partition coefficient (Wildman–Crippen LogP) is 3.06. The number of nitrogens with zero attached hydrogens (tertiary/aromatic N) is 1. The molecule has 150 valence electrons. The lowest BCUT2D eigenvalue weighted by molar-refractivity contribution is -0.119. The van der Waals surface area contributed by atoms with Gasteiger partial charge in [0.2, 0.25) is 5.91 Å². The molecular weight excluding hydrogens is 342 g/mol. The van der Waals surface area contributed by atoms with Crippen molar-refractivity contribution < 1.29 is 14.3 Å². The molecular formula is C21H33N3O3. The molecule has 1 aliphatic heterocycles. The Balaban J connectivity index is 1.85. The smallest absolute Gasteiger partial charge is 0.317 e. The summed E-state index contributed by atoms with van der Waals surface area (Å²) >= 11 is 0. The molecule has 1 aliphatic rings. The van der Waals surface area contributed by atoms with Gasteiger partial charge in [0.15, 0.2) is 0 Å². The molecule has 1 unspecified atom stereocenters. The van der Waals surface area contributed by atoms with Crippen LogP contribution in [0.15, 0.2) is 24.3 Å². The van der Waals surface area contributed by atoms with E-state index in [0.717, 1.165) is 31.4 Å². The molecule has 0 aromatic heterocycles. The molecule has 6 heteroatoms. The van der Waals surface area contributed by atoms with Crippen molar-refractivity contribution in [2.75, 3.05) is 26.7 Å². The highest BCUT2D eigenvalue weighted by Gasteiger charge is 2.28. The Morgan fingerprint density at radius 3 is 2.52 bits per heavy atom. The van der Waals surface area contributed by atoms with Crippen LogP contribution in [0, 0.1) is 0 Å². The standard InChI is InChI=1S/C21H33N3O3/c1-5-21(3,18-8-6-7-9-19(18)27-4)12-13-22-20(26)24-14-10-17(11-15-24)23-16(2)25/h6-9,17H,5,10-15H2,1-4H3,(H,22,26)(H,23,25). The van der Waals surface area contributed by atoms with Gasteiger partial charge < -0.3 is 20.3 Å². The molecule has 1 fully saturated rings. The summed E-state index contributed by atoms with van der Waals surface area (Å²) in [5, 5.41) is 6.00. The highest BCUT2D eigenvalue weighted by Crippen LogP contribution is 2.36. The van der Waals surface area contributed by atoms with E-state index >= 15 is 0 Å². The third kappa shape index (κ3) is 5.62. The van der Waals surface area contributed by atoms with Gasteiger partial charge in [0.05, 0.1) is 7.11 Å². The Hall–Kier alpha value is -2.24. The molecule has 6 nitrogen and oxygen atoms in total. The van der Waals surface area contributed by atoms with Crippen molar-refractivity contribution >= 4 is 11.9 Å². The summed E-state index contributed by atoms with van der Waals surface area (Å²) in [7, 11) is 1.70. The van der Waals surface area contributed by atoms with Crippen LogP contribution in [0.3, 0.4) is 0 Å². The average Bonchev–Trinajstić information content (AvgIpc) is 2.67. The van der Waals surface area contributed by atoms with Gasteiger partial charge in [-0.1, -0.05) is 32.0 Å². The number of rotatable bonds is 7. The molecule has 1 heterocycles. The fraction of sp³-hybridized carbons (Fsp3) is 0.619. The maximum absolute atomic E-state index is 12.5. The Kier molecular flexibility index (Phi) is 7.51. The van der Waals surface area contributed by atoms with Gasteiger partial charge in [0.1, 0.15) is 5.75 Å². The van der Waals surface area contributed by atoms with Crippen LogP contribution in [-0.4, -0.2) is 49.6 Å². The number of para-hydroxylation sites is 1. The molecule has 1 aromatic rings. The summed E-state index contributed by atoms with van der Waals surface area (Å²) in [4.78, 5) is 25.4. The van der Waals surface area contributed by atoms with Crippen molar-refractivity contribution in [2.45, 2.75) is 57.9 Å². The van der Waals surface area contributed by atoms with E-state index in [9.17, 15) is 9.59 Å². The van der Waals surface area contributed by atoms with Gasteiger partial charge in [-0.05, 0) is 37.2 Å². The number of hydrogen-bond acceptors (Lipinski definition) is 3. The zero-order valence-electron chi connectivity index (χ0n) is 17.0. The van der Waals surface area contributed by atoms with E-state index in [1.165, 1.54) is 12.5 Å². The van der Waals surface area contributed by atoms with Crippen LogP contribution in [0.1, 0.15) is 52.0 Å². The number of likely N-dealkylation sites (tertiary alicyclic amines) is 1. The monoisotopic (exact) mass is 375 g/mol. The molecule has 2 rings (SSSR count). The quantitative estimate of drug-likeness (QED) is 0.769. The summed E-state index contributed by atoms with van der Waals surface area (Å²) in [5.74, 6) is 0.890. The number of methoxy groups -OCH3 is 1. The molecule has 1 aromatic carbocycles. The molecule has 3 amide bonds. The van der Waals surface area contributed by atoms with Gasteiger partial charge in [-0.2, -0.15) is 0 Å². The molecule has 0 bridgehead atoms. The molecule has 0 aliphatic carbocycles. The summed E-state index contributed by atoms with van der Waals surface area (Å²) in [6, 6.07) is 8.27. The van der Waals surface area contributed by atoms with Gasteiger partial charge in [0, 0.05) is 38.2 Å². The first-order valence-electron chi connectivity index (χ1n) is 9.83. The maximum atomic E-state index is 12.5. The van der Waals surface area contributed by atoms with Crippen LogP contribution in [-0.2, 0) is 10.2 Å². The van der Waals surface area contributed by atoms with Gasteiger partial charge in [-0.3, -0.25) is 4.79 Å². The van der Waals surface area contributed by atoms with E-state index in [1.54, 1.807) is 7.11 Å². The number of ether oxygens (including phenoxy) is 1. The Morgan fingerprint density at radius 2 is 1.93 bits per heavy atom. The third-order valence-electron chi connectivity index (χ3n) is 5.68. The molecule has 27 heavy (non-hydrogen) atoms. The molecule has 1 atom stereocenters. The van der Waals surface area contributed by atoms with Gasteiger partial charge in [0.25, 0.3) is 0 Å². The average molecular weight is 376 g/mol. The lowest BCUT2D eigenvalue weighted by Gasteiger charge is -2.33. The SMILES string of the molecule is CCC(C)(CCNC(=O)N1CCC(NC(C)=O)CC1)c1ccccc1OC. The first-order chi connectivity index (χ1) is 12.9. The topological polar surface area (TPSA) is 70.7 Å². The zero-order valence-corrected chi connectivity index (χ0v) is 17.0. The minimum absolute atomic E-state index is 0.00640. The second-order valence-electron chi connectivity index (χ2n) is 7.56. The van der Waals surface area contributed by atoms with Crippen LogP contribution >= 0.6 is 0 Å². The van der Waals surface area contributed by atoms with Crippen molar-refractivity contribution in [1.82, 2.24) is 15.5 Å². The Bertz CT molecular complexity index is 641. The van der Waals surface area contributed by atoms with Crippen molar-refractivity contribution in [1.29, 1.82) is 0 Å². The van der Waals surface area contributed by atoms with Crippen LogP contribution in [0.25, 0.3) is 0 Å². The van der Waals surface area contributed by atoms with E-state index in [-0.39, 0.29) is 23.4 Å². The number of benzene rings is 1. The van der Waals surface area contributed by atoms with Gasteiger partial charge in [-0.25, -0.2) is 4.79 Å². The fourth-order valence-electron chi connectivity index (χ4n) is 3.72. The minimum Gasteiger partial charge on any atom is -0.496 e. The summed E-state index contributed by atoms with van der Waals surface area (Å²) in [5.41, 5.74) is 1.12. The number of carbonyl (C=O) groups excluding carboxylic acids is 2. The van der Waals surface area contributed by atoms with Gasteiger partial charge in [-0.15, -0.1) is 0 Å². The van der Waals surface area contributed by atoms with E-state index in [4.69, 9.17) is 4.74 Å². The number of urea groups is 1. The molecule has 0 radical (unpaired) electrons. The van der Waals surface area contributed by atoms with Crippen molar-refractivity contribution in [3.63, 3.8) is 0 Å². The highest BCUT2D eigenvalue weighted by molar-refractivity contribution is 5.75. The van der Waals surface area contributed by atoms with Crippen molar-refractivity contribution in [3.8, 4) is 5.75 Å². The van der Waals surface area contributed by atoms with Crippen LogP contribution in [0.2, 0.25) is 0 Å². The normalized spacial score (nSPS) is 17.1. The second-order valence-corrected chi connectivity index (χ2v) is 7.56. The van der Waals surface area contributed by atoms with Crippen LogP contribution in [0.5, 0.6) is 5.75 Å². The molecule has 0 spiro atoms. The Morgan fingerprint density at radius 1 is 1.26 bits per heavy atom. The number of nitrogens with one attached hydrogen (secondary N) is 2. The number of piperidine rings is 1. The van der Waals surface area contributed by atoms with E-state index in [0.29, 0.717) is 19.6 Å². The summed E-state index contributed by atoms with van der Waals surface area (Å²) in [6.07, 6.45) is 3.42. The first-order valence-corrected chi connectivity index (χ1v) is 9.83. The number of carbonyl (C=O) groups is 2. The van der Waals surface area contributed by atoms with E-state index in [2.05, 4.69) is 30.5 Å². The summed E-state index contributed by atoms with van der Waals surface area (Å²) < 4.78 is 5.53. The van der Waals surface area contributed by atoms with E-state index < -0.39 is 0 Å². The second kappa shape index (κ2) is 9.62. The lowest BCUT2D eigenvalue weighted by Crippen LogP contribution is -2.49. The zero-order chi connectivity index (χ0) is 19.9. The number of amides is 3. The first kappa shape index (κ1) is 21.1. The lowest BCUT2D eigenvalue weighted by atomic mass is 9.77. The van der Waals surface area contributed by atoms with Gasteiger partial charge >= 0.3 is 6.03 Å².